The lowest BCUT2D eigenvalue weighted by Crippen LogP contribution is -2.31. The number of hydrogen-bond acceptors (Lipinski definition) is 5. The van der Waals surface area contributed by atoms with Crippen LogP contribution in [-0.4, -0.2) is 48.4 Å². The Morgan fingerprint density at radius 1 is 1.50 bits per heavy atom. The third kappa shape index (κ3) is 4.25. The number of aliphatic hydroxyl groups excluding tert-OH is 1. The van der Waals surface area contributed by atoms with Crippen molar-refractivity contribution in [3.05, 3.63) is 15.6 Å². The van der Waals surface area contributed by atoms with Gasteiger partial charge in [0.25, 0.3) is 0 Å². The Bertz CT molecular complexity index is 445. The molecular weight excluding hydrogens is 272 g/mol. The van der Waals surface area contributed by atoms with Crippen molar-refractivity contribution in [2.45, 2.75) is 45.8 Å². The topological polar surface area (TPSA) is 45.6 Å². The van der Waals surface area contributed by atoms with Crippen LogP contribution in [0.15, 0.2) is 0 Å². The van der Waals surface area contributed by atoms with E-state index in [1.165, 1.54) is 22.0 Å². The first kappa shape index (κ1) is 15.9. The molecule has 1 atom stereocenters. The van der Waals surface area contributed by atoms with Crippen molar-refractivity contribution >= 4 is 11.3 Å². The second kappa shape index (κ2) is 6.52. The van der Waals surface area contributed by atoms with Gasteiger partial charge in [0.05, 0.1) is 24.9 Å². The average molecular weight is 298 g/mol. The van der Waals surface area contributed by atoms with Crippen LogP contribution in [0.1, 0.15) is 35.8 Å². The van der Waals surface area contributed by atoms with Gasteiger partial charge in [-0.15, -0.1) is 11.3 Å². The summed E-state index contributed by atoms with van der Waals surface area (Å²) in [6.07, 6.45) is 3.05. The fraction of sp³-hybridized carbons (Fsp3) is 0.800. The fourth-order valence-electron chi connectivity index (χ4n) is 2.72. The Kier molecular flexibility index (Phi) is 5.18. The molecule has 114 valence electrons. The zero-order valence-electron chi connectivity index (χ0n) is 13.0. The van der Waals surface area contributed by atoms with E-state index in [0.717, 1.165) is 19.4 Å². The summed E-state index contributed by atoms with van der Waals surface area (Å²) in [4.78, 5) is 8.34. The molecule has 2 rings (SSSR count). The SMILES string of the molecule is COCC(O)CN(C)Cc1nc2c(s1)CC(C)(C)CC2. The van der Waals surface area contributed by atoms with Gasteiger partial charge in [0.2, 0.25) is 0 Å². The summed E-state index contributed by atoms with van der Waals surface area (Å²) in [7, 11) is 3.63. The molecule has 0 bridgehead atoms. The van der Waals surface area contributed by atoms with Crippen LogP contribution in [0.4, 0.5) is 0 Å². The van der Waals surface area contributed by atoms with Crippen LogP contribution in [-0.2, 0) is 24.1 Å². The number of fused-ring (bicyclic) bond motifs is 1. The zero-order valence-corrected chi connectivity index (χ0v) is 13.8. The van der Waals surface area contributed by atoms with Crippen molar-refractivity contribution < 1.29 is 9.84 Å². The third-order valence-corrected chi connectivity index (χ3v) is 4.87. The molecule has 5 heteroatoms. The van der Waals surface area contributed by atoms with E-state index in [9.17, 15) is 5.11 Å². The van der Waals surface area contributed by atoms with Crippen LogP contribution in [0.2, 0.25) is 0 Å². The normalized spacial score (nSPS) is 19.1. The summed E-state index contributed by atoms with van der Waals surface area (Å²) in [5.74, 6) is 0. The van der Waals surface area contributed by atoms with Gasteiger partial charge in [0.1, 0.15) is 5.01 Å². The predicted octanol–water partition coefficient (Wildman–Crippen LogP) is 2.10. The van der Waals surface area contributed by atoms with E-state index in [-0.39, 0.29) is 0 Å². The van der Waals surface area contributed by atoms with E-state index in [1.54, 1.807) is 7.11 Å². The molecule has 0 saturated carbocycles. The molecule has 0 aromatic carbocycles. The Hall–Kier alpha value is -0.490. The second-order valence-corrected chi connectivity index (χ2v) is 7.79. The van der Waals surface area contributed by atoms with Crippen molar-refractivity contribution in [1.29, 1.82) is 0 Å². The maximum absolute atomic E-state index is 9.74. The van der Waals surface area contributed by atoms with E-state index < -0.39 is 6.10 Å². The van der Waals surface area contributed by atoms with Crippen molar-refractivity contribution in [2.24, 2.45) is 5.41 Å². The zero-order chi connectivity index (χ0) is 14.8. The molecular formula is C15H26N2O2S. The Balaban J connectivity index is 1.93. The molecule has 4 nitrogen and oxygen atoms in total. The molecule has 1 aromatic rings. The first-order chi connectivity index (χ1) is 9.39. The average Bonchev–Trinajstić information content (AvgIpc) is 2.68. The number of thiazole rings is 1. The number of aromatic nitrogens is 1. The number of methoxy groups -OCH3 is 1. The third-order valence-electron chi connectivity index (χ3n) is 3.79. The van der Waals surface area contributed by atoms with Crippen molar-refractivity contribution in [2.75, 3.05) is 27.3 Å². The van der Waals surface area contributed by atoms with E-state index in [1.807, 2.05) is 18.4 Å². The van der Waals surface area contributed by atoms with E-state index in [0.29, 0.717) is 18.6 Å². The molecule has 0 radical (unpaired) electrons. The smallest absolute Gasteiger partial charge is 0.107 e. The highest BCUT2D eigenvalue weighted by atomic mass is 32.1. The van der Waals surface area contributed by atoms with Crippen molar-refractivity contribution in [3.8, 4) is 0 Å². The first-order valence-electron chi connectivity index (χ1n) is 7.22. The minimum atomic E-state index is -0.432. The molecule has 0 saturated heterocycles. The number of hydrogen-bond donors (Lipinski definition) is 1. The number of aryl methyl sites for hydroxylation is 1. The monoisotopic (exact) mass is 298 g/mol. The summed E-state index contributed by atoms with van der Waals surface area (Å²) in [6.45, 7) is 6.47. The lowest BCUT2D eigenvalue weighted by Gasteiger charge is -2.28. The number of aliphatic hydroxyl groups is 1. The largest absolute Gasteiger partial charge is 0.389 e. The van der Waals surface area contributed by atoms with Crippen molar-refractivity contribution in [1.82, 2.24) is 9.88 Å². The molecule has 1 heterocycles. The van der Waals surface area contributed by atoms with Crippen LogP contribution in [0.25, 0.3) is 0 Å². The molecule has 1 aliphatic rings. The minimum absolute atomic E-state index is 0.382. The summed E-state index contributed by atoms with van der Waals surface area (Å²) in [5, 5.41) is 10.9. The maximum atomic E-state index is 9.74. The van der Waals surface area contributed by atoms with Crippen LogP contribution in [0.3, 0.4) is 0 Å². The summed E-state index contributed by atoms with van der Waals surface area (Å²) in [5.41, 5.74) is 1.72. The van der Waals surface area contributed by atoms with Gasteiger partial charge >= 0.3 is 0 Å². The Labute approximate surface area is 125 Å². The first-order valence-corrected chi connectivity index (χ1v) is 8.04. The van der Waals surface area contributed by atoms with Crippen LogP contribution in [0, 0.1) is 5.41 Å². The Morgan fingerprint density at radius 3 is 2.95 bits per heavy atom. The molecule has 0 spiro atoms. The highest BCUT2D eigenvalue weighted by molar-refractivity contribution is 7.11. The van der Waals surface area contributed by atoms with Gasteiger partial charge in [-0.25, -0.2) is 4.98 Å². The molecule has 0 amide bonds. The summed E-state index contributed by atoms with van der Waals surface area (Å²) < 4.78 is 4.95. The van der Waals surface area contributed by atoms with Crippen LogP contribution < -0.4 is 0 Å². The summed E-state index contributed by atoms with van der Waals surface area (Å²) in [6, 6.07) is 0. The van der Waals surface area contributed by atoms with Gasteiger partial charge in [-0.1, -0.05) is 13.8 Å². The van der Waals surface area contributed by atoms with E-state index >= 15 is 0 Å². The minimum Gasteiger partial charge on any atom is -0.389 e. The quantitative estimate of drug-likeness (QED) is 0.873. The molecule has 0 fully saturated rings. The molecule has 1 aromatic heterocycles. The van der Waals surface area contributed by atoms with Gasteiger partial charge in [-0.05, 0) is 31.7 Å². The highest BCUT2D eigenvalue weighted by Gasteiger charge is 2.28. The molecule has 1 unspecified atom stereocenters. The molecule has 0 aliphatic heterocycles. The van der Waals surface area contributed by atoms with Gasteiger partial charge in [-0.2, -0.15) is 0 Å². The molecule has 20 heavy (non-hydrogen) atoms. The van der Waals surface area contributed by atoms with Gasteiger partial charge in [0.15, 0.2) is 0 Å². The molecule has 1 aliphatic carbocycles. The maximum Gasteiger partial charge on any atom is 0.107 e. The lowest BCUT2D eigenvalue weighted by molar-refractivity contribution is 0.0418. The van der Waals surface area contributed by atoms with Gasteiger partial charge in [0, 0.05) is 18.5 Å². The lowest BCUT2D eigenvalue weighted by atomic mass is 9.79. The van der Waals surface area contributed by atoms with E-state index in [4.69, 9.17) is 9.72 Å². The van der Waals surface area contributed by atoms with Crippen molar-refractivity contribution in [3.63, 3.8) is 0 Å². The van der Waals surface area contributed by atoms with E-state index in [2.05, 4.69) is 18.7 Å². The van der Waals surface area contributed by atoms with Gasteiger partial charge in [-0.3, -0.25) is 4.90 Å². The highest BCUT2D eigenvalue weighted by Crippen LogP contribution is 2.37. The van der Waals surface area contributed by atoms with Crippen LogP contribution in [0.5, 0.6) is 0 Å². The molecule has 1 N–H and O–H groups in total. The predicted molar refractivity (Wildman–Crippen MR) is 82.1 cm³/mol. The summed E-state index contributed by atoms with van der Waals surface area (Å²) >= 11 is 1.84. The number of rotatable bonds is 6. The fourth-order valence-corrected chi connectivity index (χ4v) is 4.17. The second-order valence-electron chi connectivity index (χ2n) is 6.62. The number of likely N-dealkylation sites (N-methyl/N-ethyl adjacent to an activating group) is 1. The standard InChI is InChI=1S/C15H26N2O2S/c1-15(2)6-5-12-13(7-15)20-14(16-12)9-17(3)8-11(18)10-19-4/h11,18H,5-10H2,1-4H3. The Morgan fingerprint density at radius 2 is 2.25 bits per heavy atom. The number of nitrogens with zero attached hydrogens (tertiary/aromatic N) is 2. The van der Waals surface area contributed by atoms with Gasteiger partial charge < -0.3 is 9.84 Å². The van der Waals surface area contributed by atoms with Crippen LogP contribution >= 0.6 is 11.3 Å². The number of ether oxygens (including phenoxy) is 1.